The summed E-state index contributed by atoms with van der Waals surface area (Å²) < 4.78 is 11.8. The number of piperidine rings is 1. The van der Waals surface area contributed by atoms with Crippen molar-refractivity contribution in [2.24, 2.45) is 0 Å². The van der Waals surface area contributed by atoms with E-state index in [4.69, 9.17) is 9.47 Å². The maximum absolute atomic E-state index is 6.02. The third kappa shape index (κ3) is 4.04. The van der Waals surface area contributed by atoms with Gasteiger partial charge in [0.05, 0.1) is 0 Å². The van der Waals surface area contributed by atoms with Crippen molar-refractivity contribution in [3.05, 3.63) is 36.5 Å². The molecule has 1 N–H and O–H groups in total. The number of para-hydroxylation sites is 2. The molecule has 1 aromatic carbocycles. The smallest absolute Gasteiger partial charge is 0.189 e. The van der Waals surface area contributed by atoms with E-state index in [0.717, 1.165) is 54.9 Å². The Labute approximate surface area is 158 Å². The van der Waals surface area contributed by atoms with Crippen LogP contribution in [0.2, 0.25) is 0 Å². The summed E-state index contributed by atoms with van der Waals surface area (Å²) in [6.07, 6.45) is 6.11. The zero-order valence-corrected chi connectivity index (χ0v) is 15.7. The summed E-state index contributed by atoms with van der Waals surface area (Å²) in [5.41, 5.74) is 0. The Morgan fingerprint density at radius 1 is 1.19 bits per heavy atom. The molecule has 1 aromatic heterocycles. The number of anilines is 1. The second kappa shape index (κ2) is 8.14. The molecule has 0 spiro atoms. The van der Waals surface area contributed by atoms with Crippen molar-refractivity contribution in [2.75, 3.05) is 37.4 Å². The molecule has 2 aliphatic rings. The molecule has 3 heterocycles. The molecular weight excluding hydrogens is 348 g/mol. The van der Waals surface area contributed by atoms with Gasteiger partial charge < -0.3 is 19.7 Å². The second-order valence-corrected chi connectivity index (χ2v) is 7.34. The van der Waals surface area contributed by atoms with Crippen molar-refractivity contribution in [3.8, 4) is 11.5 Å². The molecule has 0 aliphatic carbocycles. The van der Waals surface area contributed by atoms with Crippen LogP contribution < -0.4 is 19.7 Å². The molecule has 0 saturated carbocycles. The minimum Gasteiger partial charge on any atom is -0.486 e. The minimum atomic E-state index is 0.0638. The van der Waals surface area contributed by atoms with Crippen LogP contribution in [0.5, 0.6) is 11.5 Å². The minimum absolute atomic E-state index is 0.0638. The topological polar surface area (TPSA) is 59.5 Å². The largest absolute Gasteiger partial charge is 0.486 e. The van der Waals surface area contributed by atoms with Gasteiger partial charge in [0, 0.05) is 31.9 Å². The van der Waals surface area contributed by atoms with Crippen molar-refractivity contribution < 1.29 is 9.47 Å². The lowest BCUT2D eigenvalue weighted by molar-refractivity contribution is 0.0873. The summed E-state index contributed by atoms with van der Waals surface area (Å²) in [6, 6.07) is 10.4. The van der Waals surface area contributed by atoms with Gasteiger partial charge in [0.1, 0.15) is 18.5 Å². The molecule has 1 atom stereocenters. The molecule has 0 unspecified atom stereocenters. The lowest BCUT2D eigenvalue weighted by atomic mass is 10.0. The number of aromatic nitrogens is 2. The SMILES string of the molecule is CSc1nccc(N2CCC(NC[C@@H]3COc4ccccc4O3)CC2)n1. The normalized spacial score (nSPS) is 20.2. The van der Waals surface area contributed by atoms with E-state index in [-0.39, 0.29) is 6.10 Å². The number of hydrogen-bond donors (Lipinski definition) is 1. The lowest BCUT2D eigenvalue weighted by Crippen LogP contribution is -2.47. The quantitative estimate of drug-likeness (QED) is 0.639. The summed E-state index contributed by atoms with van der Waals surface area (Å²) in [5, 5.41) is 4.48. The summed E-state index contributed by atoms with van der Waals surface area (Å²) >= 11 is 1.58. The highest BCUT2D eigenvalue weighted by molar-refractivity contribution is 7.98. The molecule has 1 fully saturated rings. The Balaban J connectivity index is 1.24. The first kappa shape index (κ1) is 17.4. The van der Waals surface area contributed by atoms with Gasteiger partial charge in [-0.15, -0.1) is 0 Å². The van der Waals surface area contributed by atoms with Crippen molar-refractivity contribution in [2.45, 2.75) is 30.1 Å². The van der Waals surface area contributed by atoms with E-state index in [1.807, 2.05) is 42.8 Å². The van der Waals surface area contributed by atoms with Gasteiger partial charge in [-0.05, 0) is 37.3 Å². The van der Waals surface area contributed by atoms with Crippen LogP contribution in [0.25, 0.3) is 0 Å². The molecule has 1 saturated heterocycles. The Kier molecular flexibility index (Phi) is 5.45. The highest BCUT2D eigenvalue weighted by Gasteiger charge is 2.24. The number of nitrogens with zero attached hydrogens (tertiary/aromatic N) is 3. The number of fused-ring (bicyclic) bond motifs is 1. The van der Waals surface area contributed by atoms with E-state index in [9.17, 15) is 0 Å². The van der Waals surface area contributed by atoms with Gasteiger partial charge in [-0.3, -0.25) is 0 Å². The van der Waals surface area contributed by atoms with Crippen LogP contribution in [-0.4, -0.2) is 54.6 Å². The summed E-state index contributed by atoms with van der Waals surface area (Å²) in [4.78, 5) is 11.2. The van der Waals surface area contributed by atoms with Crippen LogP contribution in [0, 0.1) is 0 Å². The average molecular weight is 372 g/mol. The van der Waals surface area contributed by atoms with E-state index in [1.165, 1.54) is 0 Å². The molecule has 138 valence electrons. The van der Waals surface area contributed by atoms with Gasteiger partial charge in [0.25, 0.3) is 0 Å². The van der Waals surface area contributed by atoms with Crippen LogP contribution in [-0.2, 0) is 0 Å². The first-order valence-electron chi connectivity index (χ1n) is 9.05. The molecule has 2 aliphatic heterocycles. The maximum atomic E-state index is 6.02. The Hall–Kier alpha value is -1.99. The van der Waals surface area contributed by atoms with Gasteiger partial charge in [-0.25, -0.2) is 9.97 Å². The standard InChI is InChI=1S/C19H24N4O2S/c1-26-19-20-9-6-18(22-19)23-10-7-14(8-11-23)21-12-15-13-24-16-4-2-3-5-17(16)25-15/h2-6,9,14-15,21H,7-8,10-13H2,1H3/t15-/m1/s1. The molecule has 2 aromatic rings. The van der Waals surface area contributed by atoms with E-state index in [2.05, 4.69) is 20.2 Å². The monoisotopic (exact) mass is 372 g/mol. The van der Waals surface area contributed by atoms with Gasteiger partial charge in [-0.1, -0.05) is 23.9 Å². The van der Waals surface area contributed by atoms with Gasteiger partial charge in [0.15, 0.2) is 16.7 Å². The summed E-state index contributed by atoms with van der Waals surface area (Å²) in [5.74, 6) is 2.71. The van der Waals surface area contributed by atoms with Crippen molar-refractivity contribution in [1.29, 1.82) is 0 Å². The number of benzene rings is 1. The maximum Gasteiger partial charge on any atom is 0.189 e. The Morgan fingerprint density at radius 3 is 2.81 bits per heavy atom. The van der Waals surface area contributed by atoms with E-state index >= 15 is 0 Å². The van der Waals surface area contributed by atoms with Crippen molar-refractivity contribution >= 4 is 17.6 Å². The fraction of sp³-hybridized carbons (Fsp3) is 0.474. The van der Waals surface area contributed by atoms with Crippen LogP contribution >= 0.6 is 11.8 Å². The zero-order valence-electron chi connectivity index (χ0n) is 14.9. The predicted octanol–water partition coefficient (Wildman–Crippen LogP) is 2.60. The summed E-state index contributed by atoms with van der Waals surface area (Å²) in [7, 11) is 0. The number of hydrogen-bond acceptors (Lipinski definition) is 7. The molecule has 4 rings (SSSR count). The lowest BCUT2D eigenvalue weighted by Gasteiger charge is -2.34. The number of nitrogens with one attached hydrogen (secondary N) is 1. The number of ether oxygens (including phenoxy) is 2. The van der Waals surface area contributed by atoms with Crippen molar-refractivity contribution in [3.63, 3.8) is 0 Å². The molecule has 0 bridgehead atoms. The van der Waals surface area contributed by atoms with Gasteiger partial charge in [0.2, 0.25) is 0 Å². The first-order chi connectivity index (χ1) is 12.8. The molecule has 0 radical (unpaired) electrons. The van der Waals surface area contributed by atoms with E-state index in [1.54, 1.807) is 11.8 Å². The molecule has 7 heteroatoms. The highest BCUT2D eigenvalue weighted by Crippen LogP contribution is 2.30. The number of thioether (sulfide) groups is 1. The first-order valence-corrected chi connectivity index (χ1v) is 10.3. The Morgan fingerprint density at radius 2 is 2.00 bits per heavy atom. The number of rotatable bonds is 5. The van der Waals surface area contributed by atoms with Crippen molar-refractivity contribution in [1.82, 2.24) is 15.3 Å². The van der Waals surface area contributed by atoms with Gasteiger partial charge in [-0.2, -0.15) is 0 Å². The summed E-state index contributed by atoms with van der Waals surface area (Å²) in [6.45, 7) is 3.42. The molecular formula is C19H24N4O2S. The average Bonchev–Trinajstić information content (AvgIpc) is 2.72. The second-order valence-electron chi connectivity index (χ2n) is 6.57. The fourth-order valence-electron chi connectivity index (χ4n) is 3.38. The van der Waals surface area contributed by atoms with E-state index in [0.29, 0.717) is 12.6 Å². The molecule has 0 amide bonds. The third-order valence-electron chi connectivity index (χ3n) is 4.82. The van der Waals surface area contributed by atoms with E-state index < -0.39 is 0 Å². The molecule has 6 nitrogen and oxygen atoms in total. The predicted molar refractivity (Wildman–Crippen MR) is 103 cm³/mol. The highest BCUT2D eigenvalue weighted by atomic mass is 32.2. The van der Waals surface area contributed by atoms with Gasteiger partial charge >= 0.3 is 0 Å². The van der Waals surface area contributed by atoms with Crippen LogP contribution in [0.3, 0.4) is 0 Å². The fourth-order valence-corrected chi connectivity index (χ4v) is 3.73. The third-order valence-corrected chi connectivity index (χ3v) is 5.38. The Bertz CT molecular complexity index is 737. The molecule has 26 heavy (non-hydrogen) atoms. The van der Waals surface area contributed by atoms with Crippen LogP contribution in [0.15, 0.2) is 41.7 Å². The van der Waals surface area contributed by atoms with Crippen LogP contribution in [0.4, 0.5) is 5.82 Å². The van der Waals surface area contributed by atoms with Crippen LogP contribution in [0.1, 0.15) is 12.8 Å². The zero-order chi connectivity index (χ0) is 17.8.